The van der Waals surface area contributed by atoms with Gasteiger partial charge in [-0.05, 0) is 30.2 Å². The fourth-order valence-electron chi connectivity index (χ4n) is 4.60. The molecular weight excluding hydrogens is 444 g/mol. The Morgan fingerprint density at radius 3 is 2.71 bits per heavy atom. The van der Waals surface area contributed by atoms with E-state index in [0.29, 0.717) is 31.2 Å². The van der Waals surface area contributed by atoms with Crippen LogP contribution in [-0.2, 0) is 4.74 Å². The average Bonchev–Trinajstić information content (AvgIpc) is 3.22. The van der Waals surface area contributed by atoms with Gasteiger partial charge in [0.1, 0.15) is 5.52 Å². The quantitative estimate of drug-likeness (QED) is 0.479. The summed E-state index contributed by atoms with van der Waals surface area (Å²) in [6.45, 7) is 1.30. The van der Waals surface area contributed by atoms with Gasteiger partial charge in [-0.1, -0.05) is 6.07 Å². The number of rotatable bonds is 5. The van der Waals surface area contributed by atoms with Crippen LogP contribution in [0.15, 0.2) is 42.9 Å². The van der Waals surface area contributed by atoms with E-state index in [2.05, 4.69) is 25.4 Å². The molecule has 1 N–H and O–H groups in total. The van der Waals surface area contributed by atoms with Crippen molar-refractivity contribution in [2.45, 2.75) is 24.4 Å². The van der Waals surface area contributed by atoms with Gasteiger partial charge in [-0.3, -0.25) is 14.9 Å². The van der Waals surface area contributed by atoms with Crippen molar-refractivity contribution in [3.05, 3.63) is 42.9 Å². The number of hydrogen-bond acceptors (Lipinski definition) is 8. The van der Waals surface area contributed by atoms with Crippen LogP contribution in [0.1, 0.15) is 6.42 Å². The monoisotopic (exact) mass is 467 g/mol. The lowest BCUT2D eigenvalue weighted by molar-refractivity contribution is -0.131. The zero-order chi connectivity index (χ0) is 23.3. The van der Waals surface area contributed by atoms with E-state index in [-0.39, 0.29) is 25.0 Å². The van der Waals surface area contributed by atoms with Crippen LogP contribution in [0.3, 0.4) is 0 Å². The summed E-state index contributed by atoms with van der Waals surface area (Å²) in [6.07, 6.45) is 5.34. The molecule has 34 heavy (non-hydrogen) atoms. The summed E-state index contributed by atoms with van der Waals surface area (Å²) in [4.78, 5) is 14.9. The van der Waals surface area contributed by atoms with Crippen molar-refractivity contribution in [1.82, 2.24) is 29.5 Å². The van der Waals surface area contributed by atoms with Gasteiger partial charge in [0.15, 0.2) is 0 Å². The molecule has 0 amide bonds. The van der Waals surface area contributed by atoms with Gasteiger partial charge >= 0.3 is 0 Å². The number of alkyl halides is 2. The predicted molar refractivity (Wildman–Crippen MR) is 121 cm³/mol. The Morgan fingerprint density at radius 2 is 1.97 bits per heavy atom. The summed E-state index contributed by atoms with van der Waals surface area (Å²) in [6, 6.07) is 6.68. The number of methoxy groups -OCH3 is 1. The Labute approximate surface area is 193 Å². The summed E-state index contributed by atoms with van der Waals surface area (Å²) in [5, 5.41) is 7.31. The Balaban J connectivity index is 1.30. The minimum atomic E-state index is -2.92. The number of piperidine rings is 1. The number of ether oxygens (including phenoxy) is 2. The van der Waals surface area contributed by atoms with E-state index in [4.69, 9.17) is 9.47 Å². The molecular formula is C23H23F2N7O2. The van der Waals surface area contributed by atoms with Crippen molar-refractivity contribution in [2.24, 2.45) is 0 Å². The largest absolute Gasteiger partial charge is 0.479 e. The highest BCUT2D eigenvalue weighted by Gasteiger charge is 2.47. The lowest BCUT2D eigenvalue weighted by atomic mass is 9.98. The second-order valence-corrected chi connectivity index (χ2v) is 8.64. The fourth-order valence-corrected chi connectivity index (χ4v) is 4.60. The van der Waals surface area contributed by atoms with E-state index >= 15 is 0 Å². The van der Waals surface area contributed by atoms with E-state index in [0.717, 1.165) is 22.2 Å². The van der Waals surface area contributed by atoms with Crippen LogP contribution in [-0.4, -0.2) is 80.9 Å². The summed E-state index contributed by atoms with van der Waals surface area (Å²) < 4.78 is 42.1. The molecule has 11 heteroatoms. The molecule has 5 heterocycles. The Kier molecular flexibility index (Phi) is 5.03. The second-order valence-electron chi connectivity index (χ2n) is 8.64. The molecule has 0 bridgehead atoms. The highest BCUT2D eigenvalue weighted by molar-refractivity contribution is 5.89. The maximum Gasteiger partial charge on any atom is 0.280 e. The van der Waals surface area contributed by atoms with Gasteiger partial charge in [-0.25, -0.2) is 13.3 Å². The summed E-state index contributed by atoms with van der Waals surface area (Å²) >= 11 is 0. The third-order valence-corrected chi connectivity index (χ3v) is 6.52. The number of hydrogen-bond donors (Lipinski definition) is 1. The van der Waals surface area contributed by atoms with E-state index in [1.807, 2.05) is 24.3 Å². The first-order chi connectivity index (χ1) is 16.5. The third-order valence-electron chi connectivity index (χ3n) is 6.52. The molecule has 0 radical (unpaired) electrons. The van der Waals surface area contributed by atoms with Crippen LogP contribution in [0.25, 0.3) is 27.7 Å². The molecule has 1 atom stereocenters. The van der Waals surface area contributed by atoms with Crippen molar-refractivity contribution in [1.29, 1.82) is 0 Å². The molecule has 0 saturated carbocycles. The smallest absolute Gasteiger partial charge is 0.280 e. The molecule has 0 spiro atoms. The first kappa shape index (κ1) is 21.1. The lowest BCUT2D eigenvalue weighted by Crippen LogP contribution is -2.61. The van der Waals surface area contributed by atoms with Gasteiger partial charge < -0.3 is 14.8 Å². The maximum atomic E-state index is 14.9. The molecule has 1 aromatic carbocycles. The molecule has 0 unspecified atom stereocenters. The normalized spacial score (nSPS) is 21.0. The molecule has 4 aromatic rings. The minimum absolute atomic E-state index is 0.0823. The minimum Gasteiger partial charge on any atom is -0.479 e. The maximum absolute atomic E-state index is 14.9. The Hall–Kier alpha value is -3.44. The predicted octanol–water partition coefficient (Wildman–Crippen LogP) is 2.87. The molecule has 2 fully saturated rings. The van der Waals surface area contributed by atoms with Crippen molar-refractivity contribution < 1.29 is 18.3 Å². The number of nitrogens with zero attached hydrogens (tertiary/aromatic N) is 6. The lowest BCUT2D eigenvalue weighted by Gasteiger charge is -2.44. The number of benzene rings is 1. The van der Waals surface area contributed by atoms with Crippen molar-refractivity contribution in [2.75, 3.05) is 38.7 Å². The number of likely N-dealkylation sites (tertiary alicyclic amines) is 1. The summed E-state index contributed by atoms with van der Waals surface area (Å²) in [5.41, 5.74) is 3.94. The number of halogens is 2. The van der Waals surface area contributed by atoms with Gasteiger partial charge in [-0.15, -0.1) is 5.10 Å². The van der Waals surface area contributed by atoms with E-state index < -0.39 is 12.0 Å². The molecule has 2 aliphatic heterocycles. The van der Waals surface area contributed by atoms with Crippen molar-refractivity contribution in [3.8, 4) is 17.0 Å². The third kappa shape index (κ3) is 3.61. The molecule has 2 saturated heterocycles. The number of anilines is 1. The number of nitrogens with one attached hydrogen (secondary N) is 1. The number of aromatic nitrogens is 5. The van der Waals surface area contributed by atoms with Gasteiger partial charge in [0.25, 0.3) is 5.92 Å². The van der Waals surface area contributed by atoms with Gasteiger partial charge in [0.05, 0.1) is 50.0 Å². The first-order valence-corrected chi connectivity index (χ1v) is 11.1. The highest BCUT2D eigenvalue weighted by atomic mass is 19.3. The average molecular weight is 467 g/mol. The van der Waals surface area contributed by atoms with E-state index in [1.165, 1.54) is 7.11 Å². The standard InChI is InChI=1S/C23H23F2N7O2/c1-33-21-20-16(14-2-3-17-18(10-14)27-7-6-26-17)4-9-32(20)30-22(29-21)28-19-5-8-31(13-23(19,24)25)15-11-34-12-15/h2-4,6-7,9-10,15,19H,5,8,11-13H2,1H3,(H,28,30)/t19-/m1/s1. The van der Waals surface area contributed by atoms with Gasteiger partial charge in [0, 0.05) is 30.7 Å². The zero-order valence-electron chi connectivity index (χ0n) is 18.5. The zero-order valence-corrected chi connectivity index (χ0v) is 18.5. The van der Waals surface area contributed by atoms with E-state index in [9.17, 15) is 8.78 Å². The van der Waals surface area contributed by atoms with Crippen LogP contribution in [0, 0.1) is 0 Å². The molecule has 176 valence electrons. The molecule has 9 nitrogen and oxygen atoms in total. The topological polar surface area (TPSA) is 89.7 Å². The van der Waals surface area contributed by atoms with Gasteiger partial charge in [-0.2, -0.15) is 4.98 Å². The van der Waals surface area contributed by atoms with Crippen molar-refractivity contribution >= 4 is 22.5 Å². The van der Waals surface area contributed by atoms with Crippen LogP contribution in [0.5, 0.6) is 5.88 Å². The van der Waals surface area contributed by atoms with E-state index in [1.54, 1.807) is 28.0 Å². The SMILES string of the molecule is COc1nc(N[C@@H]2CCN(C3COC3)CC2(F)F)nn2ccc(-c3ccc4nccnc4c3)c12. The van der Waals surface area contributed by atoms with Crippen molar-refractivity contribution in [3.63, 3.8) is 0 Å². The number of fused-ring (bicyclic) bond motifs is 2. The summed E-state index contributed by atoms with van der Waals surface area (Å²) in [5.74, 6) is -2.53. The van der Waals surface area contributed by atoms with Gasteiger partial charge in [0.2, 0.25) is 11.8 Å². The molecule has 6 rings (SSSR count). The fraction of sp³-hybridized carbons (Fsp3) is 0.391. The highest BCUT2D eigenvalue weighted by Crippen LogP contribution is 2.34. The van der Waals surface area contributed by atoms with Crippen LogP contribution >= 0.6 is 0 Å². The first-order valence-electron chi connectivity index (χ1n) is 11.1. The second kappa shape index (κ2) is 8.10. The van der Waals surface area contributed by atoms with Crippen LogP contribution in [0.4, 0.5) is 14.7 Å². The van der Waals surface area contributed by atoms with Crippen LogP contribution in [0.2, 0.25) is 0 Å². The summed E-state index contributed by atoms with van der Waals surface area (Å²) in [7, 11) is 1.50. The van der Waals surface area contributed by atoms with Crippen LogP contribution < -0.4 is 10.1 Å². The molecule has 0 aliphatic carbocycles. The molecule has 2 aliphatic rings. The molecule has 3 aromatic heterocycles. The Bertz CT molecular complexity index is 1360. The Morgan fingerprint density at radius 1 is 1.15 bits per heavy atom.